The van der Waals surface area contributed by atoms with E-state index in [-0.39, 0.29) is 19.4 Å². The van der Waals surface area contributed by atoms with E-state index in [1.807, 2.05) is 6.08 Å². The van der Waals surface area contributed by atoms with E-state index < -0.39 is 67.4 Å². The van der Waals surface area contributed by atoms with E-state index >= 15 is 0 Å². The molecule has 1 heterocycles. The Bertz CT molecular complexity index is 1630. The molecule has 11 nitrogen and oxygen atoms in total. The fraction of sp³-hybridized carbons (Fsp3) is 0.806. The van der Waals surface area contributed by atoms with E-state index in [2.05, 4.69) is 86.8 Å². The first kappa shape index (κ1) is 78.1. The Morgan fingerprint density at radius 2 is 0.831 bits per heavy atom. The van der Waals surface area contributed by atoms with Crippen LogP contribution in [-0.2, 0) is 23.8 Å². The molecule has 0 aromatic carbocycles. The smallest absolute Gasteiger partial charge is 0.306 e. The van der Waals surface area contributed by atoms with E-state index in [1.165, 1.54) is 173 Å². The summed E-state index contributed by atoms with van der Waals surface area (Å²) in [5.74, 6) is -1.20. The van der Waals surface area contributed by atoms with Crippen molar-refractivity contribution >= 4 is 11.9 Å². The Balaban J connectivity index is 2.56. The molecular formula is C72H129NO10. The van der Waals surface area contributed by atoms with Gasteiger partial charge >= 0.3 is 5.97 Å². The van der Waals surface area contributed by atoms with Crippen LogP contribution < -0.4 is 5.32 Å². The van der Waals surface area contributed by atoms with Gasteiger partial charge < -0.3 is 45.1 Å². The number of carbonyl (C=O) groups is 2. The third-order valence-electron chi connectivity index (χ3n) is 16.1. The van der Waals surface area contributed by atoms with Crippen molar-refractivity contribution in [2.24, 2.45) is 0 Å². The largest absolute Gasteiger partial charge is 0.454 e. The molecule has 0 spiro atoms. The number of amides is 1. The molecule has 0 bridgehead atoms. The van der Waals surface area contributed by atoms with Crippen molar-refractivity contribution in [3.8, 4) is 0 Å². The van der Waals surface area contributed by atoms with Gasteiger partial charge in [0.1, 0.15) is 24.4 Å². The van der Waals surface area contributed by atoms with Crippen molar-refractivity contribution in [1.29, 1.82) is 0 Å². The number of hydrogen-bond acceptors (Lipinski definition) is 10. The molecule has 6 N–H and O–H groups in total. The van der Waals surface area contributed by atoms with E-state index in [1.54, 1.807) is 6.08 Å². The Hall–Kier alpha value is -2.90. The Morgan fingerprint density at radius 1 is 0.470 bits per heavy atom. The molecule has 8 unspecified atom stereocenters. The second kappa shape index (κ2) is 59.4. The summed E-state index contributed by atoms with van der Waals surface area (Å²) in [5.41, 5.74) is 0. The van der Waals surface area contributed by atoms with Crippen LogP contribution in [-0.4, -0.2) is 99.6 Å². The molecule has 11 heteroatoms. The lowest BCUT2D eigenvalue weighted by Crippen LogP contribution is -2.61. The normalized spacial score (nSPS) is 19.0. The number of allylic oxidation sites excluding steroid dienone is 11. The van der Waals surface area contributed by atoms with Crippen LogP contribution in [0.25, 0.3) is 0 Å². The zero-order valence-electron chi connectivity index (χ0n) is 53.6. The van der Waals surface area contributed by atoms with E-state index in [0.29, 0.717) is 12.8 Å². The van der Waals surface area contributed by atoms with Gasteiger partial charge in [0.2, 0.25) is 5.91 Å². The lowest BCUT2D eigenvalue weighted by atomic mass is 9.99. The van der Waals surface area contributed by atoms with Crippen LogP contribution in [0.1, 0.15) is 310 Å². The molecule has 1 aliphatic rings. The predicted molar refractivity (Wildman–Crippen MR) is 347 cm³/mol. The summed E-state index contributed by atoms with van der Waals surface area (Å²) in [6.07, 6.45) is 66.6. The topological polar surface area (TPSA) is 175 Å². The van der Waals surface area contributed by atoms with Crippen LogP contribution in [0.15, 0.2) is 72.9 Å². The number of rotatable bonds is 59. The van der Waals surface area contributed by atoms with E-state index in [0.717, 1.165) is 89.9 Å². The van der Waals surface area contributed by atoms with E-state index in [9.17, 15) is 35.1 Å². The molecule has 0 aromatic heterocycles. The summed E-state index contributed by atoms with van der Waals surface area (Å²) >= 11 is 0. The first-order valence-corrected chi connectivity index (χ1v) is 34.7. The number of unbranched alkanes of at least 4 members (excludes halogenated alkanes) is 35. The molecule has 1 aliphatic heterocycles. The quantitative estimate of drug-likeness (QED) is 0.0195. The number of carbonyl (C=O) groups excluding carboxylic acids is 2. The van der Waals surface area contributed by atoms with Crippen LogP contribution >= 0.6 is 0 Å². The molecule has 0 radical (unpaired) electrons. The SMILES string of the molecule is CCCCC/C=C\C/C=C\C/C=C\CCCCCCCCCCCCCCCC(O)C(=O)NC(COC1OC(CO)C(O)C(O)C1OC(=O)CCCCCCCCC/C=C\C/C=C\CCCCC)C(O)/C=C/CCCCCCCCCCC. The van der Waals surface area contributed by atoms with Gasteiger partial charge in [0.25, 0.3) is 0 Å². The van der Waals surface area contributed by atoms with Crippen molar-refractivity contribution in [2.75, 3.05) is 13.2 Å². The molecule has 1 fully saturated rings. The van der Waals surface area contributed by atoms with Crippen molar-refractivity contribution < 1.29 is 49.3 Å². The van der Waals surface area contributed by atoms with Gasteiger partial charge in [0.15, 0.2) is 12.4 Å². The molecule has 1 amide bonds. The first-order chi connectivity index (χ1) is 40.7. The fourth-order valence-electron chi connectivity index (χ4n) is 10.6. The number of aliphatic hydroxyl groups excluding tert-OH is 5. The highest BCUT2D eigenvalue weighted by molar-refractivity contribution is 5.80. The maximum absolute atomic E-state index is 13.5. The highest BCUT2D eigenvalue weighted by atomic mass is 16.7. The molecular weight excluding hydrogens is 1040 g/mol. The second-order valence-corrected chi connectivity index (χ2v) is 23.9. The van der Waals surface area contributed by atoms with Gasteiger partial charge in [0, 0.05) is 6.42 Å². The molecule has 0 aliphatic carbocycles. The number of esters is 1. The molecule has 0 saturated carbocycles. The van der Waals surface area contributed by atoms with Gasteiger partial charge in [-0.3, -0.25) is 9.59 Å². The summed E-state index contributed by atoms with van der Waals surface area (Å²) in [5, 5.41) is 57.1. The lowest BCUT2D eigenvalue weighted by molar-refractivity contribution is -0.305. The summed E-state index contributed by atoms with van der Waals surface area (Å²) in [6.45, 7) is 5.75. The van der Waals surface area contributed by atoms with Crippen LogP contribution in [0, 0.1) is 0 Å². The van der Waals surface area contributed by atoms with Crippen molar-refractivity contribution in [3.63, 3.8) is 0 Å². The van der Waals surface area contributed by atoms with Crippen LogP contribution in [0.5, 0.6) is 0 Å². The minimum atomic E-state index is -1.62. The number of ether oxygens (including phenoxy) is 3. The minimum Gasteiger partial charge on any atom is -0.454 e. The second-order valence-electron chi connectivity index (χ2n) is 23.9. The zero-order valence-corrected chi connectivity index (χ0v) is 53.6. The average Bonchev–Trinajstić information content (AvgIpc) is 3.62. The van der Waals surface area contributed by atoms with Crippen LogP contribution in [0.2, 0.25) is 0 Å². The molecule has 482 valence electrons. The number of nitrogens with one attached hydrogen (secondary N) is 1. The standard InChI is InChI=1S/C72H129NO10/c1-4-7-10-13-16-19-22-24-26-28-29-30-31-32-33-34-35-36-38-39-41-44-47-50-53-56-59-65(76)71(80)73-63(64(75)58-55-52-49-46-43-21-18-15-12-9-6-3)62-81-72-70(69(79)68(78)66(61-74)82-72)83-67(77)60-57-54-51-48-45-42-40-37-27-25-23-20-17-14-11-8-5-2/h16-17,19-20,24-27,29-30,55,58,63-66,68-70,72,74-76,78-79H,4-15,18,21-23,28,31-54,56-57,59-62H2,1-3H3,(H,73,80)/b19-16-,20-17-,26-24-,27-25-,30-29-,58-55+. The molecule has 1 saturated heterocycles. The predicted octanol–water partition coefficient (Wildman–Crippen LogP) is 17.5. The van der Waals surface area contributed by atoms with Crippen molar-refractivity contribution in [3.05, 3.63) is 72.9 Å². The maximum Gasteiger partial charge on any atom is 0.306 e. The summed E-state index contributed by atoms with van der Waals surface area (Å²) in [7, 11) is 0. The Kier molecular flexibility index (Phi) is 55.9. The molecule has 1 rings (SSSR count). The lowest BCUT2D eigenvalue weighted by Gasteiger charge is -2.41. The fourth-order valence-corrected chi connectivity index (χ4v) is 10.6. The summed E-state index contributed by atoms with van der Waals surface area (Å²) in [6, 6.07) is -1.03. The first-order valence-electron chi connectivity index (χ1n) is 34.7. The van der Waals surface area contributed by atoms with Gasteiger partial charge in [-0.05, 0) is 96.3 Å². The third-order valence-corrected chi connectivity index (χ3v) is 16.1. The van der Waals surface area contributed by atoms with E-state index in [4.69, 9.17) is 14.2 Å². The van der Waals surface area contributed by atoms with Crippen LogP contribution in [0.4, 0.5) is 0 Å². The average molecular weight is 1170 g/mol. The number of hydrogen-bond donors (Lipinski definition) is 6. The third kappa shape index (κ3) is 46.9. The molecule has 8 atom stereocenters. The summed E-state index contributed by atoms with van der Waals surface area (Å²) < 4.78 is 17.7. The van der Waals surface area contributed by atoms with Crippen LogP contribution in [0.3, 0.4) is 0 Å². The Morgan fingerprint density at radius 3 is 1.27 bits per heavy atom. The Labute approximate surface area is 509 Å². The van der Waals surface area contributed by atoms with Gasteiger partial charge in [-0.1, -0.05) is 280 Å². The monoisotopic (exact) mass is 1170 g/mol. The minimum absolute atomic E-state index is 0.114. The number of aliphatic hydroxyl groups is 5. The zero-order chi connectivity index (χ0) is 60.3. The van der Waals surface area contributed by atoms with Gasteiger partial charge in [-0.15, -0.1) is 0 Å². The van der Waals surface area contributed by atoms with Gasteiger partial charge in [-0.25, -0.2) is 0 Å². The van der Waals surface area contributed by atoms with Crippen molar-refractivity contribution in [1.82, 2.24) is 5.32 Å². The van der Waals surface area contributed by atoms with Crippen molar-refractivity contribution in [2.45, 2.75) is 359 Å². The molecule has 83 heavy (non-hydrogen) atoms. The summed E-state index contributed by atoms with van der Waals surface area (Å²) in [4.78, 5) is 26.6. The molecule has 0 aromatic rings. The highest BCUT2D eigenvalue weighted by Crippen LogP contribution is 2.26. The maximum atomic E-state index is 13.5. The highest BCUT2D eigenvalue weighted by Gasteiger charge is 2.47. The van der Waals surface area contributed by atoms with Gasteiger partial charge in [-0.2, -0.15) is 0 Å². The van der Waals surface area contributed by atoms with Gasteiger partial charge in [0.05, 0.1) is 25.4 Å².